The van der Waals surface area contributed by atoms with Crippen LogP contribution in [0, 0.1) is 0 Å². The SMILES string of the molecule is O=C1CN(C2=C(C(=O)O)C(=O)C(=Cc3c[nH]c4ncccc34)O2)CCN1. The molecule has 4 rings (SSSR count). The van der Waals surface area contributed by atoms with E-state index in [0.29, 0.717) is 24.3 Å². The summed E-state index contributed by atoms with van der Waals surface area (Å²) in [5.74, 6) is -2.57. The predicted molar refractivity (Wildman–Crippen MR) is 89.4 cm³/mol. The Hall–Kier alpha value is -3.62. The van der Waals surface area contributed by atoms with Gasteiger partial charge in [0.1, 0.15) is 5.65 Å². The Morgan fingerprint density at radius 2 is 2.23 bits per heavy atom. The van der Waals surface area contributed by atoms with Crippen molar-refractivity contribution in [3.63, 3.8) is 0 Å². The van der Waals surface area contributed by atoms with Crippen LogP contribution in [0.4, 0.5) is 0 Å². The number of aromatic nitrogens is 2. The Bertz CT molecular complexity index is 1000. The van der Waals surface area contributed by atoms with E-state index in [1.165, 1.54) is 11.0 Å². The normalized spacial score (nSPS) is 19.2. The number of allylic oxidation sites excluding steroid dienone is 1. The predicted octanol–water partition coefficient (Wildman–Crippen LogP) is 0.231. The van der Waals surface area contributed by atoms with Crippen LogP contribution < -0.4 is 5.32 Å². The van der Waals surface area contributed by atoms with Crippen LogP contribution >= 0.6 is 0 Å². The van der Waals surface area contributed by atoms with Gasteiger partial charge in [0.25, 0.3) is 0 Å². The number of carboxylic acids is 1. The van der Waals surface area contributed by atoms with Crippen molar-refractivity contribution in [1.29, 1.82) is 0 Å². The topological polar surface area (TPSA) is 125 Å². The number of piperazine rings is 1. The van der Waals surface area contributed by atoms with Gasteiger partial charge in [-0.15, -0.1) is 0 Å². The molecule has 9 nitrogen and oxygen atoms in total. The second-order valence-electron chi connectivity index (χ2n) is 5.84. The van der Waals surface area contributed by atoms with E-state index in [4.69, 9.17) is 4.74 Å². The number of carboxylic acid groups (broad SMARTS) is 1. The van der Waals surface area contributed by atoms with Gasteiger partial charge in [0.15, 0.2) is 11.3 Å². The van der Waals surface area contributed by atoms with Gasteiger partial charge in [-0.2, -0.15) is 0 Å². The fraction of sp³-hybridized carbons (Fsp3) is 0.176. The average Bonchev–Trinajstić information content (AvgIpc) is 3.17. The minimum Gasteiger partial charge on any atom is -0.477 e. The van der Waals surface area contributed by atoms with Gasteiger partial charge in [-0.25, -0.2) is 9.78 Å². The van der Waals surface area contributed by atoms with Crippen molar-refractivity contribution >= 4 is 34.8 Å². The summed E-state index contributed by atoms with van der Waals surface area (Å²) in [4.78, 5) is 44.3. The largest absolute Gasteiger partial charge is 0.477 e. The number of ether oxygens (including phenoxy) is 1. The van der Waals surface area contributed by atoms with Crippen molar-refractivity contribution < 1.29 is 24.2 Å². The first-order valence-corrected chi connectivity index (χ1v) is 7.90. The summed E-state index contributed by atoms with van der Waals surface area (Å²) in [6.45, 7) is 0.638. The molecule has 132 valence electrons. The van der Waals surface area contributed by atoms with E-state index in [2.05, 4.69) is 15.3 Å². The van der Waals surface area contributed by atoms with Crippen LogP contribution in [0.5, 0.6) is 0 Å². The minimum absolute atomic E-state index is 0.0658. The van der Waals surface area contributed by atoms with Gasteiger partial charge in [-0.1, -0.05) is 0 Å². The zero-order chi connectivity index (χ0) is 18.3. The molecule has 1 saturated heterocycles. The van der Waals surface area contributed by atoms with Crippen LogP contribution in [-0.2, 0) is 19.1 Å². The van der Waals surface area contributed by atoms with Gasteiger partial charge in [-0.05, 0) is 18.2 Å². The summed E-state index contributed by atoms with van der Waals surface area (Å²) < 4.78 is 5.58. The quantitative estimate of drug-likeness (QED) is 0.532. The Balaban J connectivity index is 1.71. The molecule has 2 aromatic heterocycles. The number of amides is 1. The Morgan fingerprint density at radius 3 is 3.00 bits per heavy atom. The van der Waals surface area contributed by atoms with Gasteiger partial charge in [0.2, 0.25) is 17.6 Å². The smallest absolute Gasteiger partial charge is 0.345 e. The molecule has 1 amide bonds. The van der Waals surface area contributed by atoms with Crippen molar-refractivity contribution in [2.24, 2.45) is 0 Å². The summed E-state index contributed by atoms with van der Waals surface area (Å²) in [7, 11) is 0. The highest BCUT2D eigenvalue weighted by Gasteiger charge is 2.39. The number of nitrogens with one attached hydrogen (secondary N) is 2. The molecule has 3 N–H and O–H groups in total. The van der Waals surface area contributed by atoms with E-state index in [1.807, 2.05) is 6.07 Å². The second kappa shape index (κ2) is 6.03. The summed E-state index contributed by atoms with van der Waals surface area (Å²) in [5, 5.41) is 12.9. The third kappa shape index (κ3) is 2.59. The van der Waals surface area contributed by atoms with Gasteiger partial charge >= 0.3 is 5.97 Å². The first-order chi connectivity index (χ1) is 12.5. The van der Waals surface area contributed by atoms with Crippen LogP contribution in [0.1, 0.15) is 5.56 Å². The number of hydrogen-bond donors (Lipinski definition) is 3. The standard InChI is InChI=1S/C17H14N4O5/c22-12-8-21(5-4-18-12)16-13(17(24)25)14(23)11(26-16)6-9-7-20-15-10(9)2-1-3-19-15/h1-3,6-7H,4-5,8H2,(H,18,22)(H,19,20)(H,24,25). The molecule has 0 atom stereocenters. The summed E-state index contributed by atoms with van der Waals surface area (Å²) in [5.41, 5.74) is 0.826. The zero-order valence-corrected chi connectivity index (χ0v) is 13.5. The number of ketones is 1. The number of aliphatic carboxylic acids is 1. The van der Waals surface area contributed by atoms with Crippen molar-refractivity contribution in [2.45, 2.75) is 0 Å². The molecule has 0 bridgehead atoms. The Labute approximate surface area is 147 Å². The van der Waals surface area contributed by atoms with E-state index < -0.39 is 17.3 Å². The second-order valence-corrected chi connectivity index (χ2v) is 5.84. The number of Topliss-reactive ketones (excluding diaryl/α,β-unsaturated/α-hetero) is 1. The number of carbonyl (C=O) groups is 3. The van der Waals surface area contributed by atoms with Crippen LogP contribution in [0.15, 0.2) is 41.7 Å². The van der Waals surface area contributed by atoms with Crippen molar-refractivity contribution in [1.82, 2.24) is 20.2 Å². The lowest BCUT2D eigenvalue weighted by molar-refractivity contribution is -0.134. The van der Waals surface area contributed by atoms with Gasteiger partial charge in [0, 0.05) is 36.4 Å². The fourth-order valence-corrected chi connectivity index (χ4v) is 2.98. The molecule has 0 saturated carbocycles. The molecule has 0 aromatic carbocycles. The maximum atomic E-state index is 12.6. The summed E-state index contributed by atoms with van der Waals surface area (Å²) in [6, 6.07) is 3.58. The number of rotatable bonds is 3. The molecule has 0 radical (unpaired) electrons. The number of pyridine rings is 1. The first kappa shape index (κ1) is 15.9. The third-order valence-corrected chi connectivity index (χ3v) is 4.18. The molecule has 0 unspecified atom stereocenters. The minimum atomic E-state index is -1.39. The van der Waals surface area contributed by atoms with E-state index in [9.17, 15) is 19.5 Å². The number of fused-ring (bicyclic) bond motifs is 1. The number of carbonyl (C=O) groups excluding carboxylic acids is 2. The first-order valence-electron chi connectivity index (χ1n) is 7.90. The molecule has 1 fully saturated rings. The highest BCUT2D eigenvalue weighted by molar-refractivity contribution is 6.26. The molecular weight excluding hydrogens is 340 g/mol. The average molecular weight is 354 g/mol. The highest BCUT2D eigenvalue weighted by atomic mass is 16.5. The van der Waals surface area contributed by atoms with E-state index >= 15 is 0 Å². The van der Waals surface area contributed by atoms with Crippen LogP contribution in [-0.4, -0.2) is 57.3 Å². The fourth-order valence-electron chi connectivity index (χ4n) is 2.98. The lowest BCUT2D eigenvalue weighted by Gasteiger charge is -2.28. The van der Waals surface area contributed by atoms with Gasteiger partial charge in [-0.3, -0.25) is 9.59 Å². The molecular formula is C17H14N4O5. The molecule has 0 spiro atoms. The lowest BCUT2D eigenvalue weighted by atomic mass is 10.1. The molecule has 9 heteroatoms. The van der Waals surface area contributed by atoms with Crippen LogP contribution in [0.25, 0.3) is 17.1 Å². The van der Waals surface area contributed by atoms with Gasteiger partial charge in [0.05, 0.1) is 6.54 Å². The Morgan fingerprint density at radius 1 is 1.38 bits per heavy atom. The Kier molecular flexibility index (Phi) is 3.68. The van der Waals surface area contributed by atoms with Crippen molar-refractivity contribution in [2.75, 3.05) is 19.6 Å². The lowest BCUT2D eigenvalue weighted by Crippen LogP contribution is -2.47. The number of H-pyrrole nitrogens is 1. The van der Waals surface area contributed by atoms with E-state index in [1.54, 1.807) is 18.5 Å². The molecule has 2 aromatic rings. The molecule has 26 heavy (non-hydrogen) atoms. The molecule has 2 aliphatic rings. The summed E-state index contributed by atoms with van der Waals surface area (Å²) in [6.07, 6.45) is 4.77. The van der Waals surface area contributed by atoms with Crippen molar-refractivity contribution in [3.8, 4) is 0 Å². The van der Waals surface area contributed by atoms with Gasteiger partial charge < -0.3 is 25.0 Å². The highest BCUT2D eigenvalue weighted by Crippen LogP contribution is 2.30. The molecule has 0 aliphatic carbocycles. The number of nitrogens with zero attached hydrogens (tertiary/aromatic N) is 2. The van der Waals surface area contributed by atoms with E-state index in [-0.39, 0.29) is 24.1 Å². The maximum absolute atomic E-state index is 12.6. The van der Waals surface area contributed by atoms with Crippen LogP contribution in [0.2, 0.25) is 0 Å². The molecule has 4 heterocycles. The maximum Gasteiger partial charge on any atom is 0.345 e. The third-order valence-electron chi connectivity index (χ3n) is 4.18. The van der Waals surface area contributed by atoms with Crippen LogP contribution in [0.3, 0.4) is 0 Å². The number of hydrogen-bond acceptors (Lipinski definition) is 6. The van der Waals surface area contributed by atoms with Crippen molar-refractivity contribution in [3.05, 3.63) is 47.3 Å². The van der Waals surface area contributed by atoms with E-state index in [0.717, 1.165) is 5.39 Å². The summed E-state index contributed by atoms with van der Waals surface area (Å²) >= 11 is 0. The monoisotopic (exact) mass is 354 g/mol. The zero-order valence-electron chi connectivity index (χ0n) is 13.5. The number of aromatic amines is 1. The molecule has 2 aliphatic heterocycles.